The summed E-state index contributed by atoms with van der Waals surface area (Å²) < 4.78 is 10.5. The average molecular weight is 162 g/mol. The first-order valence-corrected chi connectivity index (χ1v) is 3.75. The second kappa shape index (κ2) is 1.97. The van der Waals surface area contributed by atoms with Crippen molar-refractivity contribution in [2.24, 2.45) is 9.98 Å². The van der Waals surface area contributed by atoms with Crippen LogP contribution in [0.1, 0.15) is 6.42 Å². The Morgan fingerprint density at radius 1 is 1.33 bits per heavy atom. The van der Waals surface area contributed by atoms with E-state index in [9.17, 15) is 0 Å². The molecule has 0 N–H and O–H groups in total. The van der Waals surface area contributed by atoms with Crippen LogP contribution in [0.25, 0.3) is 0 Å². The van der Waals surface area contributed by atoms with Crippen molar-refractivity contribution in [1.82, 2.24) is 0 Å². The van der Waals surface area contributed by atoms with Crippen molar-refractivity contribution < 1.29 is 9.47 Å². The fourth-order valence-electron chi connectivity index (χ4n) is 1.45. The Balaban J connectivity index is 2.11. The molecule has 4 heteroatoms. The Morgan fingerprint density at radius 2 is 2.33 bits per heavy atom. The Kier molecular flexibility index (Phi) is 0.983. The smallest absolute Gasteiger partial charge is 0.230 e. The molecule has 0 radical (unpaired) electrons. The maximum atomic E-state index is 5.28. The van der Waals surface area contributed by atoms with E-state index in [2.05, 4.69) is 9.98 Å². The lowest BCUT2D eigenvalue weighted by atomic mass is 10.1. The first-order chi connectivity index (χ1) is 5.95. The van der Waals surface area contributed by atoms with Crippen LogP contribution >= 0.6 is 0 Å². The second-order valence-electron chi connectivity index (χ2n) is 2.67. The molecule has 0 fully saturated rings. The molecule has 0 saturated heterocycles. The minimum absolute atomic E-state index is 0.310. The third kappa shape index (κ3) is 0.617. The zero-order valence-corrected chi connectivity index (χ0v) is 6.28. The van der Waals surface area contributed by atoms with Crippen LogP contribution in [0.3, 0.4) is 0 Å². The Labute approximate surface area is 68.9 Å². The van der Waals surface area contributed by atoms with Gasteiger partial charge in [-0.25, -0.2) is 9.98 Å². The number of fused-ring (bicyclic) bond motifs is 2. The van der Waals surface area contributed by atoms with Gasteiger partial charge in [0.15, 0.2) is 5.76 Å². The largest absolute Gasteiger partial charge is 0.458 e. The van der Waals surface area contributed by atoms with Crippen LogP contribution in [-0.2, 0) is 9.47 Å². The van der Waals surface area contributed by atoms with Crippen LogP contribution in [0.4, 0.5) is 0 Å². The molecule has 3 aliphatic rings. The highest BCUT2D eigenvalue weighted by atomic mass is 16.7. The van der Waals surface area contributed by atoms with E-state index < -0.39 is 0 Å². The molecule has 0 amide bonds. The van der Waals surface area contributed by atoms with Crippen molar-refractivity contribution in [2.45, 2.75) is 6.42 Å². The van der Waals surface area contributed by atoms with Gasteiger partial charge in [-0.05, 0) is 6.08 Å². The van der Waals surface area contributed by atoms with Crippen LogP contribution in [0, 0.1) is 0 Å². The Morgan fingerprint density at radius 3 is 3.33 bits per heavy atom. The topological polar surface area (TPSA) is 43.2 Å². The first-order valence-electron chi connectivity index (χ1n) is 3.75. The maximum absolute atomic E-state index is 5.28. The molecular weight excluding hydrogens is 156 g/mol. The van der Waals surface area contributed by atoms with E-state index in [1.54, 1.807) is 6.34 Å². The van der Waals surface area contributed by atoms with Crippen molar-refractivity contribution in [3.63, 3.8) is 0 Å². The minimum atomic E-state index is 0.310. The van der Waals surface area contributed by atoms with Crippen molar-refractivity contribution in [1.29, 1.82) is 0 Å². The van der Waals surface area contributed by atoms with Gasteiger partial charge >= 0.3 is 0 Å². The van der Waals surface area contributed by atoms with Gasteiger partial charge < -0.3 is 9.47 Å². The number of rotatable bonds is 0. The highest BCUT2D eigenvalue weighted by Crippen LogP contribution is 2.30. The molecule has 0 aromatic rings. The molecule has 1 aliphatic carbocycles. The number of nitrogens with zero attached hydrogens (tertiary/aromatic N) is 2. The molecule has 3 rings (SSSR count). The molecule has 0 spiro atoms. The normalized spacial score (nSPS) is 24.0. The Bertz CT molecular complexity index is 363. The van der Waals surface area contributed by atoms with E-state index in [0.717, 1.165) is 29.3 Å². The maximum Gasteiger partial charge on any atom is 0.230 e. The van der Waals surface area contributed by atoms with Crippen LogP contribution in [0.15, 0.2) is 33.3 Å². The van der Waals surface area contributed by atoms with Gasteiger partial charge in [0.05, 0.1) is 5.70 Å². The number of hydrogen-bond acceptors (Lipinski definition) is 4. The summed E-state index contributed by atoms with van der Waals surface area (Å²) in [5, 5.41) is 0. The van der Waals surface area contributed by atoms with E-state index in [4.69, 9.17) is 9.47 Å². The number of hydrogen-bond donors (Lipinski definition) is 0. The van der Waals surface area contributed by atoms with Crippen molar-refractivity contribution in [2.75, 3.05) is 6.79 Å². The molecule has 0 saturated carbocycles. The third-order valence-electron chi connectivity index (χ3n) is 2.01. The van der Waals surface area contributed by atoms with Gasteiger partial charge in [-0.2, -0.15) is 0 Å². The summed E-state index contributed by atoms with van der Waals surface area (Å²) in [6, 6.07) is 0. The molecule has 0 aromatic heterocycles. The van der Waals surface area contributed by atoms with Gasteiger partial charge in [-0.3, -0.25) is 0 Å². The molecule has 0 aromatic carbocycles. The highest BCUT2D eigenvalue weighted by Gasteiger charge is 2.29. The molecule has 60 valence electrons. The van der Waals surface area contributed by atoms with Gasteiger partial charge in [-0.1, -0.05) is 0 Å². The molecule has 4 nitrogen and oxygen atoms in total. The number of allylic oxidation sites excluding steroid dienone is 1. The quantitative estimate of drug-likeness (QED) is 0.532. The first kappa shape index (κ1) is 5.99. The third-order valence-corrected chi connectivity index (χ3v) is 2.01. The van der Waals surface area contributed by atoms with Gasteiger partial charge in [-0.15, -0.1) is 0 Å². The molecule has 0 atom stereocenters. The fourth-order valence-corrected chi connectivity index (χ4v) is 1.45. The predicted octanol–water partition coefficient (Wildman–Crippen LogP) is 0.973. The SMILES string of the molecule is C1=NC2=CCC3=C(OCO3)C2=N1. The molecule has 0 unspecified atom stereocenters. The van der Waals surface area contributed by atoms with E-state index in [0.29, 0.717) is 6.79 Å². The number of ether oxygens (including phenoxy) is 2. The van der Waals surface area contributed by atoms with Crippen molar-refractivity contribution in [3.05, 3.63) is 23.3 Å². The molecular formula is C8H6N2O2. The summed E-state index contributed by atoms with van der Waals surface area (Å²) in [5.74, 6) is 1.65. The molecule has 12 heavy (non-hydrogen) atoms. The van der Waals surface area contributed by atoms with Crippen molar-refractivity contribution >= 4 is 12.1 Å². The van der Waals surface area contributed by atoms with Crippen LogP contribution < -0.4 is 0 Å². The highest BCUT2D eigenvalue weighted by molar-refractivity contribution is 6.17. The van der Waals surface area contributed by atoms with Crippen LogP contribution in [0.2, 0.25) is 0 Å². The average Bonchev–Trinajstić information content (AvgIpc) is 2.71. The van der Waals surface area contributed by atoms with E-state index >= 15 is 0 Å². The number of aliphatic imine (C=N–C) groups is 2. The minimum Gasteiger partial charge on any atom is -0.458 e. The standard InChI is InChI=1S/C8H6N2O2/c1-2-6-8(12-4-11-6)7-5(1)9-3-10-7/h1,3H,2,4H2. The lowest BCUT2D eigenvalue weighted by Gasteiger charge is -2.07. The monoisotopic (exact) mass is 162 g/mol. The Hall–Kier alpha value is -1.58. The summed E-state index contributed by atoms with van der Waals surface area (Å²) in [7, 11) is 0. The fraction of sp³-hybridized carbons (Fsp3) is 0.250. The summed E-state index contributed by atoms with van der Waals surface area (Å²) in [4.78, 5) is 8.18. The van der Waals surface area contributed by atoms with Crippen LogP contribution in [-0.4, -0.2) is 18.8 Å². The van der Waals surface area contributed by atoms with Gasteiger partial charge in [0.2, 0.25) is 6.79 Å². The summed E-state index contributed by atoms with van der Waals surface area (Å²) in [6.07, 6.45) is 4.30. The predicted molar refractivity (Wildman–Crippen MR) is 42.7 cm³/mol. The van der Waals surface area contributed by atoms with Gasteiger partial charge in [0.25, 0.3) is 0 Å². The summed E-state index contributed by atoms with van der Waals surface area (Å²) in [6.45, 7) is 0.310. The van der Waals surface area contributed by atoms with E-state index in [-0.39, 0.29) is 0 Å². The zero-order valence-electron chi connectivity index (χ0n) is 6.28. The van der Waals surface area contributed by atoms with E-state index in [1.807, 2.05) is 6.08 Å². The zero-order chi connectivity index (χ0) is 7.97. The molecule has 0 bridgehead atoms. The molecule has 2 aliphatic heterocycles. The summed E-state index contributed by atoms with van der Waals surface area (Å²) in [5.41, 5.74) is 1.72. The van der Waals surface area contributed by atoms with E-state index in [1.165, 1.54) is 0 Å². The van der Waals surface area contributed by atoms with Gasteiger partial charge in [0, 0.05) is 6.42 Å². The summed E-state index contributed by atoms with van der Waals surface area (Å²) >= 11 is 0. The van der Waals surface area contributed by atoms with Crippen LogP contribution in [0.5, 0.6) is 0 Å². The molecule has 2 heterocycles. The van der Waals surface area contributed by atoms with Crippen molar-refractivity contribution in [3.8, 4) is 0 Å². The second-order valence-corrected chi connectivity index (χ2v) is 2.67. The van der Waals surface area contributed by atoms with Gasteiger partial charge in [0.1, 0.15) is 17.8 Å². The lowest BCUT2D eigenvalue weighted by Crippen LogP contribution is -2.08. The lowest BCUT2D eigenvalue weighted by molar-refractivity contribution is 0.0753.